The molecule has 0 saturated carbocycles. The Morgan fingerprint density at radius 3 is 3.00 bits per heavy atom. The summed E-state index contributed by atoms with van der Waals surface area (Å²) in [7, 11) is 0. The summed E-state index contributed by atoms with van der Waals surface area (Å²) in [5, 5.41) is 0. The second kappa shape index (κ2) is 2.51. The highest BCUT2D eigenvalue weighted by atomic mass is 16.5. The lowest BCUT2D eigenvalue weighted by molar-refractivity contribution is 0.383. The largest absolute Gasteiger partial charge is 0.448 e. The van der Waals surface area contributed by atoms with E-state index in [0.717, 1.165) is 5.76 Å². The topological polar surface area (TPSA) is 21.6 Å². The average Bonchev–Trinajstić information content (AvgIpc) is 2.85. The lowest BCUT2D eigenvalue weighted by Gasteiger charge is -2.21. The fourth-order valence-electron chi connectivity index (χ4n) is 3.11. The van der Waals surface area contributed by atoms with Crippen LogP contribution in [-0.2, 0) is 4.74 Å². The van der Waals surface area contributed by atoms with E-state index < -0.39 is 0 Å². The van der Waals surface area contributed by atoms with Crippen LogP contribution in [0.1, 0.15) is 29.4 Å². The summed E-state index contributed by atoms with van der Waals surface area (Å²) in [6.07, 6.45) is 5.05. The molecule has 3 aliphatic rings. The van der Waals surface area contributed by atoms with Crippen LogP contribution in [0.25, 0.3) is 0 Å². The van der Waals surface area contributed by atoms with E-state index in [9.17, 15) is 0 Å². The van der Waals surface area contributed by atoms with Gasteiger partial charge in [0.15, 0.2) is 6.40 Å². The van der Waals surface area contributed by atoms with Crippen molar-refractivity contribution >= 4 is 6.40 Å². The van der Waals surface area contributed by atoms with E-state index in [1.54, 1.807) is 6.40 Å². The Bertz CT molecular complexity index is 489. The van der Waals surface area contributed by atoms with E-state index in [1.807, 2.05) is 0 Å². The predicted octanol–water partition coefficient (Wildman–Crippen LogP) is 2.58. The zero-order chi connectivity index (χ0) is 9.83. The smallest absolute Gasteiger partial charge is 0.176 e. The maximum absolute atomic E-state index is 5.44. The number of hydrogen-bond acceptors (Lipinski definition) is 2. The SMILES string of the molecule is C1=NC2C(=CC3CC2c2ccccc23)O1. The summed E-state index contributed by atoms with van der Waals surface area (Å²) in [6.45, 7) is 0. The van der Waals surface area contributed by atoms with Gasteiger partial charge in [-0.05, 0) is 23.6 Å². The monoisotopic (exact) mass is 197 g/mol. The number of ether oxygens (including phenoxy) is 1. The maximum Gasteiger partial charge on any atom is 0.176 e. The second-order valence-electron chi connectivity index (χ2n) is 4.46. The van der Waals surface area contributed by atoms with Crippen LogP contribution in [0.15, 0.2) is 41.1 Å². The molecule has 4 rings (SSSR count). The first-order chi connectivity index (χ1) is 7.43. The first kappa shape index (κ1) is 7.69. The number of nitrogens with zero attached hydrogens (tertiary/aromatic N) is 1. The number of hydrogen-bond donors (Lipinski definition) is 0. The van der Waals surface area contributed by atoms with Crippen molar-refractivity contribution in [3.8, 4) is 0 Å². The molecule has 0 saturated heterocycles. The Hall–Kier alpha value is -1.57. The highest BCUT2D eigenvalue weighted by Crippen LogP contribution is 2.51. The summed E-state index contributed by atoms with van der Waals surface area (Å²) >= 11 is 0. The molecular weight excluding hydrogens is 186 g/mol. The van der Waals surface area contributed by atoms with Crippen molar-refractivity contribution in [2.24, 2.45) is 4.99 Å². The van der Waals surface area contributed by atoms with Crippen LogP contribution in [0, 0.1) is 0 Å². The molecule has 1 aromatic rings. The lowest BCUT2D eigenvalue weighted by atomic mass is 9.87. The summed E-state index contributed by atoms with van der Waals surface area (Å²) in [5.41, 5.74) is 2.95. The molecule has 1 aromatic carbocycles. The van der Waals surface area contributed by atoms with Crippen LogP contribution in [0.4, 0.5) is 0 Å². The van der Waals surface area contributed by atoms with Gasteiger partial charge in [0.25, 0.3) is 0 Å². The molecule has 0 N–H and O–H groups in total. The number of allylic oxidation sites excluding steroid dienone is 1. The van der Waals surface area contributed by atoms with Crippen molar-refractivity contribution in [2.75, 3.05) is 0 Å². The van der Waals surface area contributed by atoms with E-state index in [0.29, 0.717) is 11.8 Å². The Kier molecular flexibility index (Phi) is 1.29. The van der Waals surface area contributed by atoms with E-state index in [1.165, 1.54) is 17.5 Å². The Morgan fingerprint density at radius 2 is 2.07 bits per heavy atom. The van der Waals surface area contributed by atoms with Gasteiger partial charge in [0.1, 0.15) is 11.8 Å². The Balaban J connectivity index is 1.94. The minimum Gasteiger partial charge on any atom is -0.448 e. The molecule has 3 atom stereocenters. The van der Waals surface area contributed by atoms with Gasteiger partial charge >= 0.3 is 0 Å². The van der Waals surface area contributed by atoms with E-state index >= 15 is 0 Å². The minimum absolute atomic E-state index is 0.255. The summed E-state index contributed by atoms with van der Waals surface area (Å²) in [5.74, 6) is 2.16. The van der Waals surface area contributed by atoms with Crippen LogP contribution in [-0.4, -0.2) is 12.4 Å². The van der Waals surface area contributed by atoms with Gasteiger partial charge in [-0.15, -0.1) is 0 Å². The zero-order valence-corrected chi connectivity index (χ0v) is 8.26. The van der Waals surface area contributed by atoms with Gasteiger partial charge in [0.2, 0.25) is 0 Å². The molecule has 15 heavy (non-hydrogen) atoms. The van der Waals surface area contributed by atoms with Gasteiger partial charge in [-0.3, -0.25) is 0 Å². The van der Waals surface area contributed by atoms with Crippen molar-refractivity contribution in [3.63, 3.8) is 0 Å². The van der Waals surface area contributed by atoms with Crippen molar-refractivity contribution in [1.29, 1.82) is 0 Å². The van der Waals surface area contributed by atoms with E-state index in [2.05, 4.69) is 35.3 Å². The summed E-state index contributed by atoms with van der Waals surface area (Å²) < 4.78 is 5.44. The molecule has 0 radical (unpaired) electrons. The Morgan fingerprint density at radius 1 is 1.20 bits per heavy atom. The summed E-state index contributed by atoms with van der Waals surface area (Å²) in [4.78, 5) is 4.42. The molecular formula is C13H11NO. The van der Waals surface area contributed by atoms with Crippen molar-refractivity contribution < 1.29 is 4.74 Å². The van der Waals surface area contributed by atoms with E-state index in [4.69, 9.17) is 4.74 Å². The van der Waals surface area contributed by atoms with Crippen LogP contribution < -0.4 is 0 Å². The van der Waals surface area contributed by atoms with Crippen molar-refractivity contribution in [3.05, 3.63) is 47.2 Å². The van der Waals surface area contributed by atoms with E-state index in [-0.39, 0.29) is 6.04 Å². The Labute approximate surface area is 88.3 Å². The van der Waals surface area contributed by atoms with Gasteiger partial charge in [-0.1, -0.05) is 24.3 Å². The van der Waals surface area contributed by atoms with Crippen LogP contribution in [0.2, 0.25) is 0 Å². The van der Waals surface area contributed by atoms with Crippen molar-refractivity contribution in [2.45, 2.75) is 24.3 Å². The number of benzene rings is 1. The molecule has 0 aromatic heterocycles. The highest BCUT2D eigenvalue weighted by molar-refractivity contribution is 5.58. The van der Waals surface area contributed by atoms with Gasteiger partial charge in [-0.25, -0.2) is 4.99 Å². The number of aliphatic imine (C=N–C) groups is 1. The molecule has 2 aliphatic carbocycles. The molecule has 3 unspecified atom stereocenters. The maximum atomic E-state index is 5.44. The average molecular weight is 197 g/mol. The third kappa shape index (κ3) is 0.870. The molecule has 0 amide bonds. The van der Waals surface area contributed by atoms with Gasteiger partial charge < -0.3 is 4.74 Å². The third-order valence-electron chi connectivity index (χ3n) is 3.75. The molecule has 1 heterocycles. The molecule has 1 aliphatic heterocycles. The van der Waals surface area contributed by atoms with Crippen LogP contribution >= 0.6 is 0 Å². The van der Waals surface area contributed by atoms with Gasteiger partial charge in [-0.2, -0.15) is 0 Å². The van der Waals surface area contributed by atoms with Crippen molar-refractivity contribution in [1.82, 2.24) is 0 Å². The summed E-state index contributed by atoms with van der Waals surface area (Å²) in [6, 6.07) is 8.98. The second-order valence-corrected chi connectivity index (χ2v) is 4.46. The molecule has 2 heteroatoms. The quantitative estimate of drug-likeness (QED) is 0.626. The molecule has 0 fully saturated rings. The first-order valence-electron chi connectivity index (χ1n) is 5.42. The lowest BCUT2D eigenvalue weighted by Crippen LogP contribution is -2.18. The molecule has 74 valence electrons. The van der Waals surface area contributed by atoms with Crippen LogP contribution in [0.3, 0.4) is 0 Å². The van der Waals surface area contributed by atoms with Gasteiger partial charge in [0, 0.05) is 11.8 Å². The normalized spacial score (nSPS) is 34.4. The highest BCUT2D eigenvalue weighted by Gasteiger charge is 2.42. The fraction of sp³-hybridized carbons (Fsp3) is 0.308. The minimum atomic E-state index is 0.255. The standard InChI is InChI=1S/C13H11NO/c1-2-4-10-9(3-1)8-5-11(10)13-12(6-8)15-7-14-13/h1-4,6-8,11,13H,5H2. The fourth-order valence-corrected chi connectivity index (χ4v) is 3.11. The third-order valence-corrected chi connectivity index (χ3v) is 3.75. The number of fused-ring (bicyclic) bond motifs is 7. The molecule has 0 spiro atoms. The molecule has 2 bridgehead atoms. The van der Waals surface area contributed by atoms with Gasteiger partial charge in [0.05, 0.1) is 0 Å². The number of rotatable bonds is 0. The predicted molar refractivity (Wildman–Crippen MR) is 58.0 cm³/mol. The molecule has 2 nitrogen and oxygen atoms in total. The first-order valence-corrected chi connectivity index (χ1v) is 5.42. The zero-order valence-electron chi connectivity index (χ0n) is 8.26. The van der Waals surface area contributed by atoms with Crippen LogP contribution in [0.5, 0.6) is 0 Å².